The van der Waals surface area contributed by atoms with Crippen LogP contribution in [0.5, 0.6) is 0 Å². The molecule has 0 amide bonds. The van der Waals surface area contributed by atoms with Crippen molar-refractivity contribution in [1.82, 2.24) is 5.32 Å². The van der Waals surface area contributed by atoms with E-state index < -0.39 is 0 Å². The molecule has 4 heteroatoms. The van der Waals surface area contributed by atoms with Crippen molar-refractivity contribution in [2.75, 3.05) is 0 Å². The first-order chi connectivity index (χ1) is 7.66. The van der Waals surface area contributed by atoms with Crippen LogP contribution in [0.15, 0.2) is 22.7 Å². The number of aliphatic hydroxyl groups excluding tert-OH is 1. The fourth-order valence-corrected chi connectivity index (χ4v) is 2.49. The minimum absolute atomic E-state index is 0.148. The van der Waals surface area contributed by atoms with Gasteiger partial charge in [-0.1, -0.05) is 15.9 Å². The van der Waals surface area contributed by atoms with E-state index in [-0.39, 0.29) is 18.0 Å². The summed E-state index contributed by atoms with van der Waals surface area (Å²) in [5.41, 5.74) is 0.888. The van der Waals surface area contributed by atoms with E-state index in [2.05, 4.69) is 21.2 Å². The van der Waals surface area contributed by atoms with Gasteiger partial charge in [0.25, 0.3) is 0 Å². The average Bonchev–Trinajstić information content (AvgIpc) is 2.66. The second kappa shape index (κ2) is 5.25. The summed E-state index contributed by atoms with van der Waals surface area (Å²) in [7, 11) is 0. The minimum atomic E-state index is -0.257. The molecule has 0 spiro atoms. The Balaban J connectivity index is 1.96. The lowest BCUT2D eigenvalue weighted by molar-refractivity contribution is 0.148. The molecular formula is C12H15BrFNO. The standard InChI is InChI=1S/C12H15BrFNO/c13-10-5-4-9(14)6-8(10)7-15-11-2-1-3-12(11)16/h4-6,11-12,15-16H,1-3,7H2/t11-,12-/m1/s1. The summed E-state index contributed by atoms with van der Waals surface area (Å²) < 4.78 is 13.9. The van der Waals surface area contributed by atoms with Crippen LogP contribution < -0.4 is 5.32 Å². The first-order valence-electron chi connectivity index (χ1n) is 5.52. The highest BCUT2D eigenvalue weighted by Gasteiger charge is 2.24. The largest absolute Gasteiger partial charge is 0.392 e. The third-order valence-electron chi connectivity index (χ3n) is 3.04. The number of aliphatic hydroxyl groups is 1. The zero-order valence-electron chi connectivity index (χ0n) is 8.92. The zero-order valence-corrected chi connectivity index (χ0v) is 10.5. The van der Waals surface area contributed by atoms with Crippen LogP contribution in [0.25, 0.3) is 0 Å². The molecule has 1 saturated carbocycles. The molecule has 2 atom stereocenters. The van der Waals surface area contributed by atoms with Crippen molar-refractivity contribution < 1.29 is 9.50 Å². The van der Waals surface area contributed by atoms with Crippen LogP contribution in [0.1, 0.15) is 24.8 Å². The van der Waals surface area contributed by atoms with Gasteiger partial charge in [0, 0.05) is 17.1 Å². The molecule has 1 aromatic rings. The molecule has 1 fully saturated rings. The monoisotopic (exact) mass is 287 g/mol. The quantitative estimate of drug-likeness (QED) is 0.896. The molecule has 1 aromatic carbocycles. The lowest BCUT2D eigenvalue weighted by atomic mass is 10.1. The molecule has 1 aliphatic carbocycles. The van der Waals surface area contributed by atoms with Gasteiger partial charge in [0.05, 0.1) is 6.10 Å². The zero-order chi connectivity index (χ0) is 11.5. The van der Waals surface area contributed by atoms with E-state index in [0.29, 0.717) is 6.54 Å². The average molecular weight is 288 g/mol. The van der Waals surface area contributed by atoms with Crippen LogP contribution in [0, 0.1) is 5.82 Å². The molecule has 0 aromatic heterocycles. The molecule has 0 bridgehead atoms. The number of halogens is 2. The normalized spacial score (nSPS) is 24.9. The van der Waals surface area contributed by atoms with Crippen molar-refractivity contribution in [3.05, 3.63) is 34.1 Å². The van der Waals surface area contributed by atoms with Gasteiger partial charge in [-0.3, -0.25) is 0 Å². The lowest BCUT2D eigenvalue weighted by Gasteiger charge is -2.16. The maximum absolute atomic E-state index is 13.0. The van der Waals surface area contributed by atoms with Crippen LogP contribution in [0.4, 0.5) is 4.39 Å². The van der Waals surface area contributed by atoms with Crippen molar-refractivity contribution in [1.29, 1.82) is 0 Å². The number of nitrogens with one attached hydrogen (secondary N) is 1. The summed E-state index contributed by atoms with van der Waals surface area (Å²) >= 11 is 3.39. The van der Waals surface area contributed by atoms with E-state index in [1.807, 2.05) is 0 Å². The Labute approximate surface area is 103 Å². The van der Waals surface area contributed by atoms with E-state index in [1.54, 1.807) is 6.07 Å². The Kier molecular flexibility index (Phi) is 3.95. The predicted molar refractivity (Wildman–Crippen MR) is 64.6 cm³/mol. The molecule has 0 heterocycles. The van der Waals surface area contributed by atoms with Crippen molar-refractivity contribution in [3.8, 4) is 0 Å². The van der Waals surface area contributed by atoms with Crippen LogP contribution in [-0.2, 0) is 6.54 Å². The van der Waals surface area contributed by atoms with Gasteiger partial charge < -0.3 is 10.4 Å². The number of benzene rings is 1. The van der Waals surface area contributed by atoms with Gasteiger partial charge in [-0.2, -0.15) is 0 Å². The van der Waals surface area contributed by atoms with Crippen LogP contribution >= 0.6 is 15.9 Å². The minimum Gasteiger partial charge on any atom is -0.392 e. The smallest absolute Gasteiger partial charge is 0.123 e. The first-order valence-corrected chi connectivity index (χ1v) is 6.31. The number of hydrogen-bond acceptors (Lipinski definition) is 2. The Bertz CT molecular complexity index is 372. The molecule has 0 aliphatic heterocycles. The molecule has 88 valence electrons. The third-order valence-corrected chi connectivity index (χ3v) is 3.82. The highest BCUT2D eigenvalue weighted by Crippen LogP contribution is 2.21. The van der Waals surface area contributed by atoms with E-state index in [1.165, 1.54) is 12.1 Å². The summed E-state index contributed by atoms with van der Waals surface area (Å²) in [4.78, 5) is 0. The fourth-order valence-electron chi connectivity index (χ4n) is 2.10. The lowest BCUT2D eigenvalue weighted by Crippen LogP contribution is -2.35. The summed E-state index contributed by atoms with van der Waals surface area (Å²) in [5.74, 6) is -0.230. The van der Waals surface area contributed by atoms with Gasteiger partial charge in [0.2, 0.25) is 0 Å². The van der Waals surface area contributed by atoms with Crippen molar-refractivity contribution in [2.24, 2.45) is 0 Å². The van der Waals surface area contributed by atoms with E-state index in [9.17, 15) is 9.50 Å². The molecule has 2 rings (SSSR count). The SMILES string of the molecule is O[C@@H]1CCC[C@H]1NCc1cc(F)ccc1Br. The third kappa shape index (κ3) is 2.81. The Morgan fingerprint density at radius 3 is 2.94 bits per heavy atom. The summed E-state index contributed by atoms with van der Waals surface area (Å²) in [5, 5.41) is 12.9. The summed E-state index contributed by atoms with van der Waals surface area (Å²) in [6.45, 7) is 0.583. The van der Waals surface area contributed by atoms with Crippen LogP contribution in [0.3, 0.4) is 0 Å². The van der Waals surface area contributed by atoms with Gasteiger partial charge in [0.1, 0.15) is 5.82 Å². The van der Waals surface area contributed by atoms with Crippen molar-refractivity contribution in [2.45, 2.75) is 38.0 Å². The summed E-state index contributed by atoms with van der Waals surface area (Å²) in [6.07, 6.45) is 2.66. The second-order valence-electron chi connectivity index (χ2n) is 4.22. The second-order valence-corrected chi connectivity index (χ2v) is 5.08. The molecule has 16 heavy (non-hydrogen) atoms. The topological polar surface area (TPSA) is 32.3 Å². The first kappa shape index (κ1) is 12.0. The fraction of sp³-hybridized carbons (Fsp3) is 0.500. The van der Waals surface area contributed by atoms with Crippen LogP contribution in [0.2, 0.25) is 0 Å². The van der Waals surface area contributed by atoms with Gasteiger partial charge in [-0.05, 0) is 43.0 Å². The summed E-state index contributed by atoms with van der Waals surface area (Å²) in [6, 6.07) is 4.79. The predicted octanol–water partition coefficient (Wildman–Crippen LogP) is 2.59. The Morgan fingerprint density at radius 2 is 2.25 bits per heavy atom. The number of hydrogen-bond donors (Lipinski definition) is 2. The molecule has 1 aliphatic rings. The van der Waals surface area contributed by atoms with Crippen molar-refractivity contribution >= 4 is 15.9 Å². The Morgan fingerprint density at radius 1 is 1.44 bits per heavy atom. The maximum Gasteiger partial charge on any atom is 0.123 e. The van der Waals surface area contributed by atoms with Crippen molar-refractivity contribution in [3.63, 3.8) is 0 Å². The maximum atomic E-state index is 13.0. The molecule has 2 nitrogen and oxygen atoms in total. The van der Waals surface area contributed by atoms with E-state index in [0.717, 1.165) is 29.3 Å². The molecule has 0 unspecified atom stereocenters. The van der Waals surface area contributed by atoms with Gasteiger partial charge >= 0.3 is 0 Å². The molecule has 0 radical (unpaired) electrons. The van der Waals surface area contributed by atoms with Crippen LogP contribution in [-0.4, -0.2) is 17.3 Å². The molecule has 2 N–H and O–H groups in total. The number of rotatable bonds is 3. The van der Waals surface area contributed by atoms with E-state index >= 15 is 0 Å². The van der Waals surface area contributed by atoms with Gasteiger partial charge in [-0.25, -0.2) is 4.39 Å². The van der Waals surface area contributed by atoms with E-state index in [4.69, 9.17) is 0 Å². The van der Waals surface area contributed by atoms with Gasteiger partial charge in [0.15, 0.2) is 0 Å². The molecular weight excluding hydrogens is 273 g/mol. The molecule has 0 saturated heterocycles. The van der Waals surface area contributed by atoms with Gasteiger partial charge in [-0.15, -0.1) is 0 Å². The Hall–Kier alpha value is -0.450. The highest BCUT2D eigenvalue weighted by molar-refractivity contribution is 9.10. The highest BCUT2D eigenvalue weighted by atomic mass is 79.9.